The molecule has 5 nitrogen and oxygen atoms in total. The molecule has 0 saturated carbocycles. The zero-order valence-electron chi connectivity index (χ0n) is 7.16. The fraction of sp³-hybridized carbons (Fsp3) is 0.125. The summed E-state index contributed by atoms with van der Waals surface area (Å²) in [7, 11) is 1.59. The van der Waals surface area contributed by atoms with E-state index < -0.39 is 0 Å². The van der Waals surface area contributed by atoms with Crippen LogP contribution in [0.2, 0.25) is 0 Å². The third kappa shape index (κ3) is 1.05. The fourth-order valence-corrected chi connectivity index (χ4v) is 1.28. The minimum absolute atomic E-state index is 0.339. The van der Waals surface area contributed by atoms with E-state index in [0.29, 0.717) is 22.9 Å². The fourth-order valence-electron chi connectivity index (χ4n) is 1.28. The van der Waals surface area contributed by atoms with Gasteiger partial charge in [0.15, 0.2) is 5.95 Å². The third-order valence-corrected chi connectivity index (χ3v) is 1.88. The molecule has 5 N–H and O–H groups in total. The van der Waals surface area contributed by atoms with Crippen molar-refractivity contribution in [2.75, 3.05) is 18.6 Å². The summed E-state index contributed by atoms with van der Waals surface area (Å²) in [6.07, 6.45) is 0. The van der Waals surface area contributed by atoms with E-state index in [2.05, 4.69) is 9.97 Å². The predicted octanol–water partition coefficient (Wildman–Crippen LogP) is 0.736. The van der Waals surface area contributed by atoms with Gasteiger partial charge in [0, 0.05) is 0 Å². The average molecular weight is 178 g/mol. The van der Waals surface area contributed by atoms with Crippen molar-refractivity contribution in [3.63, 3.8) is 0 Å². The van der Waals surface area contributed by atoms with Crippen LogP contribution in [0.1, 0.15) is 0 Å². The minimum Gasteiger partial charge on any atom is -0.494 e. The Morgan fingerprint density at radius 2 is 2.15 bits per heavy atom. The second-order valence-electron chi connectivity index (χ2n) is 2.70. The lowest BCUT2D eigenvalue weighted by atomic mass is 10.2. The van der Waals surface area contributed by atoms with E-state index in [9.17, 15) is 0 Å². The second-order valence-corrected chi connectivity index (χ2v) is 2.70. The van der Waals surface area contributed by atoms with E-state index in [1.165, 1.54) is 0 Å². The normalized spacial score (nSPS) is 10.5. The van der Waals surface area contributed by atoms with Gasteiger partial charge in [0.2, 0.25) is 0 Å². The molecule has 1 aromatic carbocycles. The highest BCUT2D eigenvalue weighted by Crippen LogP contribution is 2.28. The molecule has 0 amide bonds. The van der Waals surface area contributed by atoms with Crippen molar-refractivity contribution < 1.29 is 4.74 Å². The summed E-state index contributed by atoms with van der Waals surface area (Å²) in [6.45, 7) is 0. The third-order valence-electron chi connectivity index (χ3n) is 1.88. The molecule has 0 aliphatic rings. The smallest absolute Gasteiger partial charge is 0.198 e. The van der Waals surface area contributed by atoms with Gasteiger partial charge in [0.05, 0.1) is 12.8 Å². The Morgan fingerprint density at radius 1 is 1.38 bits per heavy atom. The summed E-state index contributed by atoms with van der Waals surface area (Å²) in [6, 6.07) is 3.51. The first-order valence-corrected chi connectivity index (χ1v) is 3.80. The van der Waals surface area contributed by atoms with Crippen molar-refractivity contribution >= 4 is 22.7 Å². The monoisotopic (exact) mass is 178 g/mol. The number of fused-ring (bicyclic) bond motifs is 1. The maximum atomic E-state index is 5.70. The van der Waals surface area contributed by atoms with E-state index in [4.69, 9.17) is 16.2 Å². The molecule has 0 aliphatic heterocycles. The summed E-state index contributed by atoms with van der Waals surface area (Å²) in [5.41, 5.74) is 13.2. The van der Waals surface area contributed by atoms with Crippen molar-refractivity contribution in [3.05, 3.63) is 12.1 Å². The zero-order valence-corrected chi connectivity index (χ0v) is 7.16. The van der Waals surface area contributed by atoms with Crippen LogP contribution in [-0.4, -0.2) is 17.1 Å². The Balaban J connectivity index is 2.83. The first kappa shape index (κ1) is 7.72. The molecule has 2 rings (SSSR count). The number of nitrogen functional groups attached to an aromatic ring is 2. The molecular weight excluding hydrogens is 168 g/mol. The van der Waals surface area contributed by atoms with Crippen LogP contribution in [0.25, 0.3) is 11.0 Å². The number of hydrogen-bond donors (Lipinski definition) is 3. The number of aromatic nitrogens is 2. The number of nitrogens with one attached hydrogen (secondary N) is 1. The standard InChI is InChI=1S/C8H10N4O/c1-13-5-3-2-4(9)6-7(5)12-8(10)11-6/h2-3H,9H2,1H3,(H3,10,11,12). The molecule has 0 unspecified atom stereocenters. The molecular formula is C8H10N4O. The Morgan fingerprint density at radius 3 is 2.85 bits per heavy atom. The largest absolute Gasteiger partial charge is 0.494 e. The molecule has 0 saturated heterocycles. The number of anilines is 2. The number of H-pyrrole nitrogens is 1. The number of benzene rings is 1. The van der Waals surface area contributed by atoms with Gasteiger partial charge in [-0.25, -0.2) is 4.98 Å². The molecule has 0 bridgehead atoms. The van der Waals surface area contributed by atoms with Crippen molar-refractivity contribution in [1.29, 1.82) is 0 Å². The molecule has 5 heteroatoms. The lowest BCUT2D eigenvalue weighted by molar-refractivity contribution is 0.419. The van der Waals surface area contributed by atoms with Gasteiger partial charge in [-0.1, -0.05) is 0 Å². The van der Waals surface area contributed by atoms with Crippen LogP contribution in [0.4, 0.5) is 11.6 Å². The molecule has 0 aliphatic carbocycles. The van der Waals surface area contributed by atoms with Gasteiger partial charge in [0.1, 0.15) is 16.8 Å². The van der Waals surface area contributed by atoms with Crippen LogP contribution >= 0.6 is 0 Å². The highest BCUT2D eigenvalue weighted by atomic mass is 16.5. The molecule has 68 valence electrons. The summed E-state index contributed by atoms with van der Waals surface area (Å²) in [4.78, 5) is 6.92. The number of aromatic amines is 1. The van der Waals surface area contributed by atoms with E-state index in [0.717, 1.165) is 5.52 Å². The highest BCUT2D eigenvalue weighted by molar-refractivity contribution is 5.92. The number of ether oxygens (including phenoxy) is 1. The Hall–Kier alpha value is -1.91. The quantitative estimate of drug-likeness (QED) is 0.561. The number of nitrogens with two attached hydrogens (primary N) is 2. The van der Waals surface area contributed by atoms with Gasteiger partial charge in [-0.05, 0) is 12.1 Å². The SMILES string of the molecule is COc1ccc(N)c2nc(N)[nH]c12. The number of methoxy groups -OCH3 is 1. The molecule has 0 fully saturated rings. The predicted molar refractivity (Wildman–Crippen MR) is 51.5 cm³/mol. The first-order valence-electron chi connectivity index (χ1n) is 3.80. The highest BCUT2D eigenvalue weighted by Gasteiger charge is 2.08. The van der Waals surface area contributed by atoms with Gasteiger partial charge in [-0.3, -0.25) is 0 Å². The number of rotatable bonds is 1. The van der Waals surface area contributed by atoms with E-state index in [1.54, 1.807) is 19.2 Å². The Labute approximate surface area is 74.7 Å². The van der Waals surface area contributed by atoms with Gasteiger partial charge in [-0.15, -0.1) is 0 Å². The summed E-state index contributed by atoms with van der Waals surface area (Å²) in [5, 5.41) is 0. The maximum absolute atomic E-state index is 5.70. The molecule has 0 radical (unpaired) electrons. The average Bonchev–Trinajstić information content (AvgIpc) is 2.48. The first-order chi connectivity index (χ1) is 6.22. The van der Waals surface area contributed by atoms with E-state index >= 15 is 0 Å². The van der Waals surface area contributed by atoms with E-state index in [1.807, 2.05) is 0 Å². The summed E-state index contributed by atoms with van der Waals surface area (Å²) in [5.74, 6) is 1.03. The molecule has 0 spiro atoms. The van der Waals surface area contributed by atoms with Gasteiger partial charge < -0.3 is 21.2 Å². The zero-order chi connectivity index (χ0) is 9.42. The van der Waals surface area contributed by atoms with Crippen molar-refractivity contribution in [1.82, 2.24) is 9.97 Å². The summed E-state index contributed by atoms with van der Waals surface area (Å²) >= 11 is 0. The maximum Gasteiger partial charge on any atom is 0.198 e. The van der Waals surface area contributed by atoms with Crippen LogP contribution in [0, 0.1) is 0 Å². The van der Waals surface area contributed by atoms with Crippen LogP contribution in [0.3, 0.4) is 0 Å². The van der Waals surface area contributed by atoms with Crippen LogP contribution < -0.4 is 16.2 Å². The van der Waals surface area contributed by atoms with Crippen LogP contribution in [-0.2, 0) is 0 Å². The lowest BCUT2D eigenvalue weighted by Gasteiger charge is -2.01. The van der Waals surface area contributed by atoms with Gasteiger partial charge >= 0.3 is 0 Å². The number of hydrogen-bond acceptors (Lipinski definition) is 4. The molecule has 1 aromatic heterocycles. The van der Waals surface area contributed by atoms with Gasteiger partial charge in [-0.2, -0.15) is 0 Å². The van der Waals surface area contributed by atoms with Gasteiger partial charge in [0.25, 0.3) is 0 Å². The molecule has 1 heterocycles. The number of imidazole rings is 1. The number of nitrogens with zero attached hydrogens (tertiary/aromatic N) is 1. The minimum atomic E-state index is 0.339. The molecule has 13 heavy (non-hydrogen) atoms. The summed E-state index contributed by atoms with van der Waals surface area (Å²) < 4.78 is 5.11. The van der Waals surface area contributed by atoms with Crippen LogP contribution in [0.5, 0.6) is 5.75 Å². The molecule has 2 aromatic rings. The Kier molecular flexibility index (Phi) is 1.51. The molecule has 0 atom stereocenters. The lowest BCUT2D eigenvalue weighted by Crippen LogP contribution is -1.89. The second kappa shape index (κ2) is 2.55. The van der Waals surface area contributed by atoms with Crippen molar-refractivity contribution in [3.8, 4) is 5.75 Å². The van der Waals surface area contributed by atoms with Crippen LogP contribution in [0.15, 0.2) is 12.1 Å². The van der Waals surface area contributed by atoms with Crippen molar-refractivity contribution in [2.45, 2.75) is 0 Å². The Bertz CT molecular complexity index is 449. The van der Waals surface area contributed by atoms with E-state index in [-0.39, 0.29) is 0 Å². The topological polar surface area (TPSA) is 89.9 Å². The van der Waals surface area contributed by atoms with Crippen molar-refractivity contribution in [2.24, 2.45) is 0 Å².